The molecule has 0 saturated carbocycles. The van der Waals surface area contributed by atoms with Gasteiger partial charge in [0.2, 0.25) is 0 Å². The fourth-order valence-electron chi connectivity index (χ4n) is 3.85. The summed E-state index contributed by atoms with van der Waals surface area (Å²) in [5, 5.41) is 6.85. The molecule has 0 amide bonds. The molecule has 2 heterocycles. The molecule has 0 bridgehead atoms. The molecule has 0 aromatic heterocycles. The first-order chi connectivity index (χ1) is 11.1. The van der Waals surface area contributed by atoms with Gasteiger partial charge in [0.25, 0.3) is 6.23 Å². The maximum Gasteiger partial charge on any atom is 0.285 e. The van der Waals surface area contributed by atoms with Gasteiger partial charge in [-0.2, -0.15) is 0 Å². The van der Waals surface area contributed by atoms with E-state index in [0.29, 0.717) is 4.59 Å². The van der Waals surface area contributed by atoms with Crippen molar-refractivity contribution in [3.05, 3.63) is 71.8 Å². The van der Waals surface area contributed by atoms with Crippen molar-refractivity contribution in [3.8, 4) is 0 Å². The monoisotopic (exact) mass is 308 g/mol. The minimum absolute atomic E-state index is 0.0143. The third kappa shape index (κ3) is 2.10. The Morgan fingerprint density at radius 2 is 1.57 bits per heavy atom. The largest absolute Gasteiger partial charge is 0.335 e. The maximum atomic E-state index is 5.90. The van der Waals surface area contributed by atoms with Crippen LogP contribution in [0, 0.1) is 5.92 Å². The van der Waals surface area contributed by atoms with Crippen molar-refractivity contribution in [1.29, 1.82) is 0 Å². The lowest BCUT2D eigenvalue weighted by Gasteiger charge is -2.35. The Bertz CT molecular complexity index is 727. The van der Waals surface area contributed by atoms with Gasteiger partial charge >= 0.3 is 0 Å². The molecule has 2 aromatic rings. The number of fused-ring (bicyclic) bond motifs is 1. The van der Waals surface area contributed by atoms with Gasteiger partial charge in [0.05, 0.1) is 14.1 Å². The molecule has 2 aromatic carbocycles. The highest BCUT2D eigenvalue weighted by molar-refractivity contribution is 6.03. The summed E-state index contributed by atoms with van der Waals surface area (Å²) in [5.74, 6) is 0.222. The van der Waals surface area contributed by atoms with Crippen LogP contribution in [0.2, 0.25) is 0 Å². The van der Waals surface area contributed by atoms with Crippen LogP contribution in [0.15, 0.2) is 65.8 Å². The van der Waals surface area contributed by atoms with E-state index in [1.54, 1.807) is 0 Å². The fraction of sp³-hybridized carbons (Fsp3) is 0.316. The van der Waals surface area contributed by atoms with Crippen LogP contribution in [-0.2, 0) is 4.84 Å². The Kier molecular flexibility index (Phi) is 3.25. The second-order valence-corrected chi connectivity index (χ2v) is 6.77. The molecule has 0 unspecified atom stereocenters. The van der Waals surface area contributed by atoms with Crippen LogP contribution in [0.3, 0.4) is 0 Å². The van der Waals surface area contributed by atoms with Gasteiger partial charge in [0, 0.05) is 12.6 Å². The third-order valence-corrected chi connectivity index (χ3v) is 5.27. The molecular weight excluding hydrogens is 286 g/mol. The summed E-state index contributed by atoms with van der Waals surface area (Å²) in [6.07, 6.45) is 0.0143. The van der Waals surface area contributed by atoms with Crippen LogP contribution >= 0.6 is 0 Å². The summed E-state index contributed by atoms with van der Waals surface area (Å²) in [6.45, 7) is 0. The molecule has 4 heteroatoms. The number of hydrogen-bond donors (Lipinski definition) is 0. The van der Waals surface area contributed by atoms with Crippen LogP contribution in [0.25, 0.3) is 0 Å². The van der Waals surface area contributed by atoms with Crippen molar-refractivity contribution in [1.82, 2.24) is 5.01 Å². The maximum absolute atomic E-state index is 5.90. The van der Waals surface area contributed by atoms with Crippen molar-refractivity contribution in [2.75, 3.05) is 21.1 Å². The second-order valence-electron chi connectivity index (χ2n) is 6.77. The molecule has 4 nitrogen and oxygen atoms in total. The van der Waals surface area contributed by atoms with E-state index >= 15 is 0 Å². The lowest BCUT2D eigenvalue weighted by molar-refractivity contribution is -1.03. The zero-order valence-electron chi connectivity index (χ0n) is 13.8. The normalized spacial score (nSPS) is 29.0. The van der Waals surface area contributed by atoms with Crippen LogP contribution in [0.5, 0.6) is 0 Å². The van der Waals surface area contributed by atoms with Gasteiger partial charge in [-0.25, -0.2) is 4.59 Å². The molecule has 0 spiro atoms. The first-order valence-electron chi connectivity index (χ1n) is 8.02. The Balaban J connectivity index is 1.81. The molecule has 4 rings (SSSR count). The summed E-state index contributed by atoms with van der Waals surface area (Å²) in [7, 11) is 6.54. The molecule has 2 aliphatic heterocycles. The highest BCUT2D eigenvalue weighted by atomic mass is 16.7. The Labute approximate surface area is 137 Å². The van der Waals surface area contributed by atoms with Crippen molar-refractivity contribution < 1.29 is 9.43 Å². The van der Waals surface area contributed by atoms with Gasteiger partial charge in [-0.3, -0.25) is 0 Å². The summed E-state index contributed by atoms with van der Waals surface area (Å²) >= 11 is 0. The van der Waals surface area contributed by atoms with Gasteiger partial charge in [-0.05, 0) is 5.56 Å². The predicted molar refractivity (Wildman–Crippen MR) is 90.4 cm³/mol. The highest BCUT2D eigenvalue weighted by Gasteiger charge is 2.61. The van der Waals surface area contributed by atoms with E-state index in [-0.39, 0.29) is 18.2 Å². The van der Waals surface area contributed by atoms with E-state index in [0.717, 1.165) is 11.3 Å². The number of rotatable bonds is 2. The Hall–Kier alpha value is -2.17. The molecule has 2 aliphatic rings. The SMILES string of the molecule is CN1[C@@H](c2ccccc2)[C@H]2C(c3ccccc3)=NO[C@H]2[N+]1(C)C. The first-order valence-corrected chi connectivity index (χ1v) is 8.02. The molecule has 0 aliphatic carbocycles. The average molecular weight is 308 g/mol. The van der Waals surface area contributed by atoms with E-state index in [1.807, 2.05) is 6.07 Å². The molecule has 1 saturated heterocycles. The third-order valence-electron chi connectivity index (χ3n) is 5.27. The van der Waals surface area contributed by atoms with E-state index < -0.39 is 0 Å². The first kappa shape index (κ1) is 14.4. The molecule has 0 N–H and O–H groups in total. The number of nitrogens with zero attached hydrogens (tertiary/aromatic N) is 3. The molecule has 23 heavy (non-hydrogen) atoms. The van der Waals surface area contributed by atoms with Gasteiger partial charge in [0.1, 0.15) is 17.7 Å². The summed E-state index contributed by atoms with van der Waals surface area (Å²) < 4.78 is 0.671. The smallest absolute Gasteiger partial charge is 0.285 e. The highest BCUT2D eigenvalue weighted by Crippen LogP contribution is 2.47. The van der Waals surface area contributed by atoms with Gasteiger partial charge in [0.15, 0.2) is 0 Å². The molecule has 1 fully saturated rings. The average Bonchev–Trinajstić information content (AvgIpc) is 3.09. The van der Waals surface area contributed by atoms with Crippen molar-refractivity contribution in [2.45, 2.75) is 12.3 Å². The Morgan fingerprint density at radius 3 is 2.22 bits per heavy atom. The predicted octanol–water partition coefficient (Wildman–Crippen LogP) is 3.04. The topological polar surface area (TPSA) is 24.8 Å². The van der Waals surface area contributed by atoms with Gasteiger partial charge in [-0.1, -0.05) is 65.8 Å². The van der Waals surface area contributed by atoms with Crippen molar-refractivity contribution in [3.63, 3.8) is 0 Å². The lowest BCUT2D eigenvalue weighted by atomic mass is 9.86. The zero-order valence-corrected chi connectivity index (χ0v) is 13.8. The lowest BCUT2D eigenvalue weighted by Crippen LogP contribution is -2.53. The molecule has 3 atom stereocenters. The van der Waals surface area contributed by atoms with Crippen molar-refractivity contribution >= 4 is 5.71 Å². The minimum atomic E-state index is 0.0143. The zero-order chi connectivity index (χ0) is 16.0. The van der Waals surface area contributed by atoms with Gasteiger partial charge < -0.3 is 4.84 Å². The number of hydrogen-bond acceptors (Lipinski definition) is 3. The molecule has 118 valence electrons. The fourth-order valence-corrected chi connectivity index (χ4v) is 3.85. The molecule has 0 radical (unpaired) electrons. The van der Waals surface area contributed by atoms with Gasteiger partial charge in [-0.15, -0.1) is 5.01 Å². The minimum Gasteiger partial charge on any atom is -0.335 e. The standard InChI is InChI=1S/C19H22N3O/c1-21-18(15-12-8-5-9-13-15)16-17(14-10-6-4-7-11-14)20-23-19(16)22(21,2)3/h4-13,16,18-19H,1-3H3/q+1/t16-,18+,19-/m1/s1. The molecular formula is C19H22N3O+. The Morgan fingerprint density at radius 1 is 0.957 bits per heavy atom. The number of oxime groups is 1. The summed E-state index contributed by atoms with van der Waals surface area (Å²) in [6, 6.07) is 21.3. The second kappa shape index (κ2) is 5.18. The summed E-state index contributed by atoms with van der Waals surface area (Å²) in [5.41, 5.74) is 3.51. The van der Waals surface area contributed by atoms with Crippen LogP contribution < -0.4 is 0 Å². The van der Waals surface area contributed by atoms with Crippen LogP contribution in [0.1, 0.15) is 17.2 Å². The quantitative estimate of drug-likeness (QED) is 0.797. The van der Waals surface area contributed by atoms with Crippen LogP contribution in [0.4, 0.5) is 0 Å². The van der Waals surface area contributed by atoms with E-state index in [4.69, 9.17) is 4.84 Å². The van der Waals surface area contributed by atoms with Crippen molar-refractivity contribution in [2.24, 2.45) is 11.1 Å². The summed E-state index contributed by atoms with van der Waals surface area (Å²) in [4.78, 5) is 5.90. The van der Waals surface area contributed by atoms with E-state index in [2.05, 4.69) is 85.9 Å². The number of quaternary nitrogens is 1. The van der Waals surface area contributed by atoms with E-state index in [9.17, 15) is 0 Å². The van der Waals surface area contributed by atoms with Crippen LogP contribution in [-0.4, -0.2) is 42.7 Å². The number of benzene rings is 2. The van der Waals surface area contributed by atoms with E-state index in [1.165, 1.54) is 5.56 Å².